The number of rotatable bonds is 5. The molecule has 2 heterocycles. The standard InChI is InChI=1S/C21H20F2N2O3/c1-27-16-5-3-14(4-6-16)19-9-15-8-13(2-7-18(15)28-19)11-25-12-21(22,23)10-17(25)20(24)26/h2-9,17H,10-12H2,1H3,(H2,24,26)/t17-/m0/s1. The lowest BCUT2D eigenvalue weighted by Gasteiger charge is -2.21. The highest BCUT2D eigenvalue weighted by Crippen LogP contribution is 2.34. The van der Waals surface area contributed by atoms with Crippen LogP contribution in [0.1, 0.15) is 12.0 Å². The molecule has 146 valence electrons. The number of benzene rings is 2. The van der Waals surface area contributed by atoms with Gasteiger partial charge in [-0.15, -0.1) is 0 Å². The molecule has 0 spiro atoms. The van der Waals surface area contributed by atoms with Crippen LogP contribution in [0.5, 0.6) is 5.75 Å². The molecule has 5 nitrogen and oxygen atoms in total. The van der Waals surface area contributed by atoms with E-state index in [0.29, 0.717) is 11.3 Å². The molecule has 1 saturated heterocycles. The summed E-state index contributed by atoms with van der Waals surface area (Å²) in [5, 5.41) is 0.866. The van der Waals surface area contributed by atoms with Crippen LogP contribution in [0.4, 0.5) is 8.78 Å². The minimum Gasteiger partial charge on any atom is -0.497 e. The summed E-state index contributed by atoms with van der Waals surface area (Å²) < 4.78 is 38.5. The predicted octanol–water partition coefficient (Wildman–Crippen LogP) is 3.80. The van der Waals surface area contributed by atoms with Gasteiger partial charge in [-0.05, 0) is 48.0 Å². The van der Waals surface area contributed by atoms with E-state index in [-0.39, 0.29) is 6.54 Å². The van der Waals surface area contributed by atoms with Crippen molar-refractivity contribution in [2.24, 2.45) is 5.73 Å². The van der Waals surface area contributed by atoms with E-state index >= 15 is 0 Å². The van der Waals surface area contributed by atoms with E-state index < -0.39 is 30.8 Å². The van der Waals surface area contributed by atoms with Crippen molar-refractivity contribution in [1.82, 2.24) is 4.90 Å². The number of amides is 1. The fourth-order valence-electron chi connectivity index (χ4n) is 3.65. The number of hydrogen-bond acceptors (Lipinski definition) is 4. The summed E-state index contributed by atoms with van der Waals surface area (Å²) in [6, 6.07) is 14.0. The highest BCUT2D eigenvalue weighted by molar-refractivity contribution is 5.83. The van der Waals surface area contributed by atoms with Crippen LogP contribution < -0.4 is 10.5 Å². The first-order valence-corrected chi connectivity index (χ1v) is 8.93. The second-order valence-corrected chi connectivity index (χ2v) is 7.09. The molecule has 4 rings (SSSR count). The first kappa shape index (κ1) is 18.4. The molecule has 1 aliphatic heterocycles. The summed E-state index contributed by atoms with van der Waals surface area (Å²) in [4.78, 5) is 13.0. The topological polar surface area (TPSA) is 68.7 Å². The van der Waals surface area contributed by atoms with Crippen LogP contribution in [-0.4, -0.2) is 36.4 Å². The second-order valence-electron chi connectivity index (χ2n) is 7.09. The lowest BCUT2D eigenvalue weighted by Crippen LogP contribution is -2.39. The Morgan fingerprint density at radius 3 is 2.68 bits per heavy atom. The van der Waals surface area contributed by atoms with Gasteiger partial charge in [0.1, 0.15) is 17.1 Å². The highest BCUT2D eigenvalue weighted by atomic mass is 19.3. The molecule has 0 unspecified atom stereocenters. The molecule has 2 aromatic carbocycles. The average Bonchev–Trinajstić information content (AvgIpc) is 3.21. The fourth-order valence-corrected chi connectivity index (χ4v) is 3.65. The lowest BCUT2D eigenvalue weighted by molar-refractivity contribution is -0.122. The lowest BCUT2D eigenvalue weighted by atomic mass is 10.1. The van der Waals surface area contributed by atoms with Crippen LogP contribution in [0, 0.1) is 0 Å². The van der Waals surface area contributed by atoms with Crippen molar-refractivity contribution in [1.29, 1.82) is 0 Å². The molecule has 0 radical (unpaired) electrons. The first-order chi connectivity index (χ1) is 13.3. The van der Waals surface area contributed by atoms with Crippen molar-refractivity contribution < 1.29 is 22.7 Å². The van der Waals surface area contributed by atoms with Crippen LogP contribution in [0.15, 0.2) is 52.9 Å². The van der Waals surface area contributed by atoms with Crippen LogP contribution in [0.3, 0.4) is 0 Å². The quantitative estimate of drug-likeness (QED) is 0.724. The van der Waals surface area contributed by atoms with Gasteiger partial charge in [0.15, 0.2) is 0 Å². The number of likely N-dealkylation sites (tertiary alicyclic amines) is 1. The Morgan fingerprint density at radius 2 is 2.00 bits per heavy atom. The van der Waals surface area contributed by atoms with Gasteiger partial charge in [0.25, 0.3) is 5.92 Å². The predicted molar refractivity (Wildman–Crippen MR) is 101 cm³/mol. The van der Waals surface area contributed by atoms with E-state index in [0.717, 1.165) is 22.3 Å². The fraction of sp³-hybridized carbons (Fsp3) is 0.286. The SMILES string of the molecule is COc1ccc(-c2cc3cc(CN4CC(F)(F)C[C@H]4C(N)=O)ccc3o2)cc1. The Morgan fingerprint density at radius 1 is 1.25 bits per heavy atom. The zero-order chi connectivity index (χ0) is 19.9. The van der Waals surface area contributed by atoms with E-state index in [1.165, 1.54) is 4.90 Å². The normalized spacial score (nSPS) is 19.2. The van der Waals surface area contributed by atoms with Crippen molar-refractivity contribution in [3.8, 4) is 17.1 Å². The number of hydrogen-bond donors (Lipinski definition) is 1. The summed E-state index contributed by atoms with van der Waals surface area (Å²) in [5.74, 6) is -2.16. The smallest absolute Gasteiger partial charge is 0.262 e. The van der Waals surface area contributed by atoms with Gasteiger partial charge in [0, 0.05) is 23.9 Å². The van der Waals surface area contributed by atoms with Gasteiger partial charge in [0.2, 0.25) is 5.91 Å². The van der Waals surface area contributed by atoms with Crippen LogP contribution in [-0.2, 0) is 11.3 Å². The molecule has 1 amide bonds. The summed E-state index contributed by atoms with van der Waals surface area (Å²) in [7, 11) is 1.61. The van der Waals surface area contributed by atoms with E-state index in [1.54, 1.807) is 7.11 Å². The largest absolute Gasteiger partial charge is 0.497 e. The summed E-state index contributed by atoms with van der Waals surface area (Å²) in [6.07, 6.45) is -0.530. The van der Waals surface area contributed by atoms with Crippen molar-refractivity contribution in [3.63, 3.8) is 0 Å². The van der Waals surface area contributed by atoms with Gasteiger partial charge in [-0.2, -0.15) is 0 Å². The van der Waals surface area contributed by atoms with Crippen LogP contribution in [0.2, 0.25) is 0 Å². The zero-order valence-corrected chi connectivity index (χ0v) is 15.3. The van der Waals surface area contributed by atoms with Gasteiger partial charge in [-0.3, -0.25) is 9.69 Å². The molecule has 1 aliphatic rings. The molecule has 1 atom stereocenters. The highest BCUT2D eigenvalue weighted by Gasteiger charge is 2.47. The summed E-state index contributed by atoms with van der Waals surface area (Å²) in [6.45, 7) is -0.247. The third-order valence-electron chi connectivity index (χ3n) is 5.04. The molecular weight excluding hydrogens is 366 g/mol. The molecule has 28 heavy (non-hydrogen) atoms. The van der Waals surface area contributed by atoms with E-state index in [9.17, 15) is 13.6 Å². The molecule has 0 saturated carbocycles. The molecule has 0 bridgehead atoms. The van der Waals surface area contributed by atoms with E-state index in [1.807, 2.05) is 48.5 Å². The zero-order valence-electron chi connectivity index (χ0n) is 15.3. The van der Waals surface area contributed by atoms with Crippen molar-refractivity contribution >= 4 is 16.9 Å². The molecule has 7 heteroatoms. The first-order valence-electron chi connectivity index (χ1n) is 8.93. The monoisotopic (exact) mass is 386 g/mol. The molecule has 0 aliphatic carbocycles. The number of methoxy groups -OCH3 is 1. The van der Waals surface area contributed by atoms with Gasteiger partial charge in [-0.1, -0.05) is 6.07 Å². The Labute approximate surface area is 160 Å². The van der Waals surface area contributed by atoms with Gasteiger partial charge >= 0.3 is 0 Å². The Kier molecular flexibility index (Phi) is 4.55. The van der Waals surface area contributed by atoms with Gasteiger partial charge in [-0.25, -0.2) is 8.78 Å². The van der Waals surface area contributed by atoms with Crippen molar-refractivity contribution in [3.05, 3.63) is 54.1 Å². The number of nitrogens with two attached hydrogens (primary N) is 1. The number of carbonyl (C=O) groups excluding carboxylic acids is 1. The number of primary amides is 1. The van der Waals surface area contributed by atoms with Gasteiger partial charge < -0.3 is 14.9 Å². The number of alkyl halides is 2. The molecular formula is C21H20F2N2O3. The van der Waals surface area contributed by atoms with E-state index in [4.69, 9.17) is 14.9 Å². The molecule has 1 fully saturated rings. The minimum atomic E-state index is -2.90. The Hall–Kier alpha value is -2.93. The number of fused-ring (bicyclic) bond motifs is 1. The number of ether oxygens (including phenoxy) is 1. The maximum absolute atomic E-state index is 13.7. The number of halogens is 2. The molecule has 2 N–H and O–H groups in total. The van der Waals surface area contributed by atoms with E-state index in [2.05, 4.69) is 0 Å². The Bertz CT molecular complexity index is 1010. The third-order valence-corrected chi connectivity index (χ3v) is 5.04. The number of furan rings is 1. The average molecular weight is 386 g/mol. The third kappa shape index (κ3) is 3.57. The Balaban J connectivity index is 1.58. The number of nitrogens with zero attached hydrogens (tertiary/aromatic N) is 1. The summed E-state index contributed by atoms with van der Waals surface area (Å²) in [5.41, 5.74) is 7.73. The van der Waals surface area contributed by atoms with Crippen LogP contribution in [0.25, 0.3) is 22.3 Å². The molecule has 1 aromatic heterocycles. The van der Waals surface area contributed by atoms with Gasteiger partial charge in [0.05, 0.1) is 19.7 Å². The van der Waals surface area contributed by atoms with Crippen LogP contribution >= 0.6 is 0 Å². The molecule has 3 aromatic rings. The summed E-state index contributed by atoms with van der Waals surface area (Å²) >= 11 is 0. The van der Waals surface area contributed by atoms with Crippen molar-refractivity contribution in [2.45, 2.75) is 24.9 Å². The maximum atomic E-state index is 13.7. The van der Waals surface area contributed by atoms with Crippen molar-refractivity contribution in [2.75, 3.05) is 13.7 Å². The minimum absolute atomic E-state index is 0.224. The maximum Gasteiger partial charge on any atom is 0.262 e. The number of carbonyl (C=O) groups is 1. The second kappa shape index (κ2) is 6.91.